The van der Waals surface area contributed by atoms with Gasteiger partial charge in [-0.05, 0) is 6.07 Å². The third-order valence-electron chi connectivity index (χ3n) is 0.770. The fourth-order valence-electron chi connectivity index (χ4n) is 0.395. The number of hydrogen-bond acceptors (Lipinski definition) is 2. The molecular formula is C4H8ClN3. The van der Waals surface area contributed by atoms with Crippen LogP contribution in [0.15, 0.2) is 12.3 Å². The third-order valence-corrected chi connectivity index (χ3v) is 0.770. The molecule has 1 aromatic rings. The van der Waals surface area contributed by atoms with E-state index in [0.717, 1.165) is 5.82 Å². The number of aromatic nitrogens is 2. The highest BCUT2D eigenvalue weighted by molar-refractivity contribution is 5.85. The van der Waals surface area contributed by atoms with E-state index in [-0.39, 0.29) is 12.4 Å². The summed E-state index contributed by atoms with van der Waals surface area (Å²) >= 11 is 0. The first-order chi connectivity index (χ1) is 3.43. The molecule has 0 bridgehead atoms. The quantitative estimate of drug-likeness (QED) is 0.597. The van der Waals surface area contributed by atoms with Crippen molar-refractivity contribution in [2.45, 2.75) is 0 Å². The van der Waals surface area contributed by atoms with Crippen LogP contribution in [0.5, 0.6) is 0 Å². The van der Waals surface area contributed by atoms with Crippen LogP contribution in [0.4, 0.5) is 5.82 Å². The zero-order valence-corrected chi connectivity index (χ0v) is 5.33. The van der Waals surface area contributed by atoms with Crippen LogP contribution >= 0.6 is 12.4 Å². The number of aromatic amines is 1. The van der Waals surface area contributed by atoms with Gasteiger partial charge in [-0.3, -0.25) is 5.10 Å². The summed E-state index contributed by atoms with van der Waals surface area (Å²) in [4.78, 5) is 0. The number of halogens is 1. The van der Waals surface area contributed by atoms with Gasteiger partial charge in [0.15, 0.2) is 0 Å². The molecule has 0 atom stereocenters. The lowest BCUT2D eigenvalue weighted by molar-refractivity contribution is 1.09. The first-order valence-corrected chi connectivity index (χ1v) is 2.10. The number of H-pyrrole nitrogens is 1. The van der Waals surface area contributed by atoms with Crippen molar-refractivity contribution in [1.82, 2.24) is 10.2 Å². The Morgan fingerprint density at radius 3 is 2.75 bits per heavy atom. The number of hydrogen-bond donors (Lipinski definition) is 2. The highest BCUT2D eigenvalue weighted by atomic mass is 35.5. The predicted molar refractivity (Wildman–Crippen MR) is 35.4 cm³/mol. The largest absolute Gasteiger partial charge is 0.374 e. The van der Waals surface area contributed by atoms with Crippen molar-refractivity contribution >= 4 is 18.2 Å². The first-order valence-electron chi connectivity index (χ1n) is 2.10. The Kier molecular flexibility index (Phi) is 3.03. The van der Waals surface area contributed by atoms with E-state index in [9.17, 15) is 0 Å². The van der Waals surface area contributed by atoms with E-state index >= 15 is 0 Å². The molecule has 0 amide bonds. The van der Waals surface area contributed by atoms with Crippen molar-refractivity contribution in [1.29, 1.82) is 0 Å². The molecule has 0 spiro atoms. The summed E-state index contributed by atoms with van der Waals surface area (Å²) < 4.78 is 0. The van der Waals surface area contributed by atoms with Crippen molar-refractivity contribution in [2.24, 2.45) is 0 Å². The summed E-state index contributed by atoms with van der Waals surface area (Å²) in [5.74, 6) is 0.944. The van der Waals surface area contributed by atoms with E-state index < -0.39 is 0 Å². The second kappa shape index (κ2) is 3.32. The van der Waals surface area contributed by atoms with Gasteiger partial charge in [0.05, 0.1) is 6.20 Å². The van der Waals surface area contributed by atoms with Gasteiger partial charge in [-0.2, -0.15) is 5.10 Å². The summed E-state index contributed by atoms with van der Waals surface area (Å²) in [6.45, 7) is 0. The lowest BCUT2D eigenvalue weighted by Gasteiger charge is -1.86. The average Bonchev–Trinajstić information content (AvgIpc) is 2.14. The Bertz CT molecular complexity index is 126. The van der Waals surface area contributed by atoms with E-state index in [1.165, 1.54) is 0 Å². The molecule has 46 valence electrons. The van der Waals surface area contributed by atoms with Gasteiger partial charge in [0, 0.05) is 7.05 Å². The van der Waals surface area contributed by atoms with Crippen LogP contribution in [0.3, 0.4) is 0 Å². The van der Waals surface area contributed by atoms with E-state index in [1.54, 1.807) is 6.20 Å². The van der Waals surface area contributed by atoms with E-state index in [0.29, 0.717) is 0 Å². The maximum Gasteiger partial charge on any atom is 0.121 e. The van der Waals surface area contributed by atoms with Crippen LogP contribution in [0, 0.1) is 0 Å². The van der Waals surface area contributed by atoms with E-state index in [1.807, 2.05) is 13.1 Å². The Morgan fingerprint density at radius 1 is 1.75 bits per heavy atom. The number of rotatable bonds is 1. The maximum absolute atomic E-state index is 3.71. The SMILES string of the molecule is CNc1ccn[nH]1.Cl. The summed E-state index contributed by atoms with van der Waals surface area (Å²) in [5.41, 5.74) is 0. The van der Waals surface area contributed by atoms with Crippen LogP contribution in [0.2, 0.25) is 0 Å². The fraction of sp³-hybridized carbons (Fsp3) is 0.250. The Morgan fingerprint density at radius 2 is 2.50 bits per heavy atom. The topological polar surface area (TPSA) is 40.7 Å². The lowest BCUT2D eigenvalue weighted by atomic mass is 10.6. The van der Waals surface area contributed by atoms with Gasteiger partial charge in [0.1, 0.15) is 5.82 Å². The van der Waals surface area contributed by atoms with Crippen molar-refractivity contribution < 1.29 is 0 Å². The number of nitrogens with one attached hydrogen (secondary N) is 2. The second-order valence-electron chi connectivity index (χ2n) is 1.22. The molecule has 1 rings (SSSR count). The van der Waals surface area contributed by atoms with Gasteiger partial charge >= 0.3 is 0 Å². The molecule has 1 aromatic heterocycles. The second-order valence-corrected chi connectivity index (χ2v) is 1.22. The minimum Gasteiger partial charge on any atom is -0.374 e. The zero-order chi connectivity index (χ0) is 5.11. The maximum atomic E-state index is 3.71. The highest BCUT2D eigenvalue weighted by Gasteiger charge is 1.80. The summed E-state index contributed by atoms with van der Waals surface area (Å²) in [6, 6.07) is 1.86. The minimum atomic E-state index is 0. The molecule has 0 aromatic carbocycles. The smallest absolute Gasteiger partial charge is 0.121 e. The van der Waals surface area contributed by atoms with Gasteiger partial charge in [0.2, 0.25) is 0 Å². The molecular weight excluding hydrogens is 126 g/mol. The van der Waals surface area contributed by atoms with Crippen molar-refractivity contribution in [3.63, 3.8) is 0 Å². The Balaban J connectivity index is 0.000000490. The van der Waals surface area contributed by atoms with Crippen LogP contribution in [0.25, 0.3) is 0 Å². The molecule has 0 aliphatic heterocycles. The Labute approximate surface area is 53.9 Å². The van der Waals surface area contributed by atoms with Gasteiger partial charge in [0.25, 0.3) is 0 Å². The number of anilines is 1. The molecule has 0 aliphatic carbocycles. The molecule has 3 nitrogen and oxygen atoms in total. The van der Waals surface area contributed by atoms with Gasteiger partial charge in [-0.25, -0.2) is 0 Å². The molecule has 0 saturated carbocycles. The third kappa shape index (κ3) is 1.42. The molecule has 1 heterocycles. The monoisotopic (exact) mass is 133 g/mol. The van der Waals surface area contributed by atoms with Crippen LogP contribution in [0.1, 0.15) is 0 Å². The zero-order valence-electron chi connectivity index (χ0n) is 4.51. The molecule has 0 fully saturated rings. The van der Waals surface area contributed by atoms with Crippen molar-refractivity contribution in [2.75, 3.05) is 12.4 Å². The van der Waals surface area contributed by atoms with Gasteiger partial charge in [-0.15, -0.1) is 12.4 Å². The molecule has 8 heavy (non-hydrogen) atoms. The van der Waals surface area contributed by atoms with Crippen LogP contribution in [-0.4, -0.2) is 17.2 Å². The summed E-state index contributed by atoms with van der Waals surface area (Å²) in [7, 11) is 1.84. The average molecular weight is 134 g/mol. The predicted octanol–water partition coefficient (Wildman–Crippen LogP) is 0.873. The van der Waals surface area contributed by atoms with Gasteiger partial charge < -0.3 is 5.32 Å². The molecule has 4 heteroatoms. The molecule has 0 radical (unpaired) electrons. The fourth-order valence-corrected chi connectivity index (χ4v) is 0.395. The summed E-state index contributed by atoms with van der Waals surface area (Å²) in [5, 5.41) is 9.32. The van der Waals surface area contributed by atoms with Crippen LogP contribution in [-0.2, 0) is 0 Å². The lowest BCUT2D eigenvalue weighted by Crippen LogP contribution is -1.85. The van der Waals surface area contributed by atoms with Crippen molar-refractivity contribution in [3.8, 4) is 0 Å². The van der Waals surface area contributed by atoms with Gasteiger partial charge in [-0.1, -0.05) is 0 Å². The molecule has 0 unspecified atom stereocenters. The minimum absolute atomic E-state index is 0. The van der Waals surface area contributed by atoms with E-state index in [4.69, 9.17) is 0 Å². The highest BCUT2D eigenvalue weighted by Crippen LogP contribution is 1.93. The molecule has 2 N–H and O–H groups in total. The normalized spacial score (nSPS) is 7.62. The standard InChI is InChI=1S/C4H7N3.ClH/c1-5-4-2-3-6-7-4;/h2-3H,1H3,(H2,5,6,7);1H. The molecule has 0 saturated heterocycles. The Hall–Kier alpha value is -0.700. The van der Waals surface area contributed by atoms with Crippen molar-refractivity contribution in [3.05, 3.63) is 12.3 Å². The van der Waals surface area contributed by atoms with Crippen LogP contribution < -0.4 is 5.32 Å². The van der Waals surface area contributed by atoms with E-state index in [2.05, 4.69) is 15.5 Å². The summed E-state index contributed by atoms with van der Waals surface area (Å²) in [6.07, 6.45) is 1.70. The molecule has 0 aliphatic rings. The number of nitrogens with zero attached hydrogens (tertiary/aromatic N) is 1. The first kappa shape index (κ1) is 7.30.